The van der Waals surface area contributed by atoms with Gasteiger partial charge in [-0.2, -0.15) is 5.10 Å². The van der Waals surface area contributed by atoms with E-state index in [0.717, 1.165) is 34.0 Å². The molecule has 0 aliphatic rings. The molecule has 2 N–H and O–H groups in total. The monoisotopic (exact) mass is 369 g/mol. The summed E-state index contributed by atoms with van der Waals surface area (Å²) in [5, 5.41) is 16.3. The molecular formula is C19H19N3O3S. The first-order chi connectivity index (χ1) is 12.6. The van der Waals surface area contributed by atoms with Crippen molar-refractivity contribution in [3.8, 4) is 28.5 Å². The predicted octanol–water partition coefficient (Wildman–Crippen LogP) is 4.37. The molecule has 0 radical (unpaired) electrons. The number of hydrogen-bond donors (Lipinski definition) is 2. The molecule has 0 saturated heterocycles. The van der Waals surface area contributed by atoms with E-state index in [1.165, 1.54) is 11.3 Å². The van der Waals surface area contributed by atoms with Crippen molar-refractivity contribution in [3.05, 3.63) is 53.4 Å². The van der Waals surface area contributed by atoms with Gasteiger partial charge in [-0.3, -0.25) is 5.43 Å². The number of phenols is 1. The zero-order valence-electron chi connectivity index (χ0n) is 14.7. The summed E-state index contributed by atoms with van der Waals surface area (Å²) in [5.41, 5.74) is 6.32. The SMILES string of the molecule is COc1ccc(OC)c(-c2csc(N/N=C(/C)c3ccc(O)cc3)n2)c1. The van der Waals surface area contributed by atoms with Gasteiger partial charge in [0.1, 0.15) is 17.2 Å². The van der Waals surface area contributed by atoms with Crippen LogP contribution in [0.3, 0.4) is 0 Å². The lowest BCUT2D eigenvalue weighted by Crippen LogP contribution is -1.99. The second-order valence-electron chi connectivity index (χ2n) is 5.46. The fraction of sp³-hybridized carbons (Fsp3) is 0.158. The molecule has 0 fully saturated rings. The highest BCUT2D eigenvalue weighted by Crippen LogP contribution is 2.35. The van der Waals surface area contributed by atoms with Crippen molar-refractivity contribution in [3.63, 3.8) is 0 Å². The number of aromatic hydroxyl groups is 1. The summed E-state index contributed by atoms with van der Waals surface area (Å²) < 4.78 is 10.7. The van der Waals surface area contributed by atoms with Gasteiger partial charge in [-0.05, 0) is 55.0 Å². The second-order valence-corrected chi connectivity index (χ2v) is 6.32. The fourth-order valence-corrected chi connectivity index (χ4v) is 3.01. The van der Waals surface area contributed by atoms with Gasteiger partial charge in [-0.1, -0.05) is 0 Å². The Morgan fingerprint density at radius 1 is 1.12 bits per heavy atom. The highest BCUT2D eigenvalue weighted by molar-refractivity contribution is 7.14. The molecule has 0 bridgehead atoms. The van der Waals surface area contributed by atoms with Gasteiger partial charge in [0.25, 0.3) is 0 Å². The van der Waals surface area contributed by atoms with Crippen LogP contribution in [0.4, 0.5) is 5.13 Å². The molecule has 0 unspecified atom stereocenters. The zero-order valence-corrected chi connectivity index (χ0v) is 15.5. The number of thiazole rings is 1. The van der Waals surface area contributed by atoms with Gasteiger partial charge in [0.15, 0.2) is 0 Å². The molecule has 0 spiro atoms. The van der Waals surface area contributed by atoms with Gasteiger partial charge >= 0.3 is 0 Å². The molecule has 0 amide bonds. The van der Waals surface area contributed by atoms with Crippen molar-refractivity contribution < 1.29 is 14.6 Å². The van der Waals surface area contributed by atoms with Gasteiger partial charge in [-0.15, -0.1) is 11.3 Å². The third kappa shape index (κ3) is 3.94. The topological polar surface area (TPSA) is 76.0 Å². The third-order valence-corrected chi connectivity index (χ3v) is 4.54. The largest absolute Gasteiger partial charge is 0.508 e. The number of nitrogens with one attached hydrogen (secondary N) is 1. The van der Waals surface area contributed by atoms with E-state index >= 15 is 0 Å². The van der Waals surface area contributed by atoms with Crippen molar-refractivity contribution in [2.24, 2.45) is 5.10 Å². The molecule has 26 heavy (non-hydrogen) atoms. The lowest BCUT2D eigenvalue weighted by atomic mass is 10.1. The molecule has 0 aliphatic heterocycles. The van der Waals surface area contributed by atoms with Crippen LogP contribution >= 0.6 is 11.3 Å². The van der Waals surface area contributed by atoms with Crippen LogP contribution in [0.1, 0.15) is 12.5 Å². The zero-order chi connectivity index (χ0) is 18.5. The average molecular weight is 369 g/mol. The van der Waals surface area contributed by atoms with Crippen LogP contribution in [-0.4, -0.2) is 30.0 Å². The van der Waals surface area contributed by atoms with Crippen molar-refractivity contribution in [2.75, 3.05) is 19.6 Å². The first-order valence-corrected chi connectivity index (χ1v) is 8.76. The predicted molar refractivity (Wildman–Crippen MR) is 105 cm³/mol. The lowest BCUT2D eigenvalue weighted by Gasteiger charge is -2.08. The van der Waals surface area contributed by atoms with Gasteiger partial charge in [0.05, 0.1) is 25.6 Å². The quantitative estimate of drug-likeness (QED) is 0.498. The minimum atomic E-state index is 0.228. The minimum absolute atomic E-state index is 0.228. The number of aromatic nitrogens is 1. The number of benzene rings is 2. The maximum Gasteiger partial charge on any atom is 0.203 e. The van der Waals surface area contributed by atoms with Gasteiger partial charge in [0.2, 0.25) is 5.13 Å². The molecule has 2 aromatic carbocycles. The Morgan fingerprint density at radius 2 is 1.88 bits per heavy atom. The highest BCUT2D eigenvalue weighted by Gasteiger charge is 2.11. The fourth-order valence-electron chi connectivity index (χ4n) is 2.36. The molecule has 3 aromatic rings. The summed E-state index contributed by atoms with van der Waals surface area (Å²) >= 11 is 1.45. The highest BCUT2D eigenvalue weighted by atomic mass is 32.1. The number of rotatable bonds is 6. The molecule has 1 heterocycles. The molecule has 134 valence electrons. The van der Waals surface area contributed by atoms with E-state index in [1.54, 1.807) is 26.4 Å². The number of anilines is 1. The van der Waals surface area contributed by atoms with Crippen molar-refractivity contribution in [2.45, 2.75) is 6.92 Å². The van der Waals surface area contributed by atoms with Crippen LogP contribution in [0, 0.1) is 0 Å². The molecule has 3 rings (SSSR count). The first kappa shape index (κ1) is 17.8. The maximum absolute atomic E-state index is 9.35. The van der Waals surface area contributed by atoms with Crippen molar-refractivity contribution in [1.82, 2.24) is 4.98 Å². The Kier molecular flexibility index (Phi) is 5.38. The van der Waals surface area contributed by atoms with Crippen LogP contribution in [0.15, 0.2) is 52.9 Å². The molecule has 0 atom stereocenters. The molecule has 0 aliphatic carbocycles. The number of hydrogen-bond acceptors (Lipinski definition) is 7. The van der Waals surface area contributed by atoms with Crippen LogP contribution < -0.4 is 14.9 Å². The van der Waals surface area contributed by atoms with E-state index in [4.69, 9.17) is 9.47 Å². The Balaban J connectivity index is 1.80. The minimum Gasteiger partial charge on any atom is -0.508 e. The number of ether oxygens (including phenoxy) is 2. The van der Waals surface area contributed by atoms with E-state index in [2.05, 4.69) is 15.5 Å². The Hall–Kier alpha value is -3.06. The average Bonchev–Trinajstić information content (AvgIpc) is 3.15. The summed E-state index contributed by atoms with van der Waals surface area (Å²) in [5.74, 6) is 1.70. The van der Waals surface area contributed by atoms with Gasteiger partial charge in [0, 0.05) is 10.9 Å². The summed E-state index contributed by atoms with van der Waals surface area (Å²) in [6.45, 7) is 1.89. The molecule has 0 saturated carbocycles. The normalized spacial score (nSPS) is 11.3. The van der Waals surface area contributed by atoms with Crippen molar-refractivity contribution in [1.29, 1.82) is 0 Å². The van der Waals surface area contributed by atoms with Crippen LogP contribution in [0.25, 0.3) is 11.3 Å². The van der Waals surface area contributed by atoms with E-state index in [0.29, 0.717) is 5.13 Å². The lowest BCUT2D eigenvalue weighted by molar-refractivity contribution is 0.404. The number of phenolic OH excluding ortho intramolecular Hbond substituents is 1. The van der Waals surface area contributed by atoms with E-state index in [1.807, 2.05) is 42.6 Å². The standard InChI is InChI=1S/C19H19N3O3S/c1-12(13-4-6-14(23)7-5-13)21-22-19-20-17(11-26-19)16-10-15(24-2)8-9-18(16)25-3/h4-11,23H,1-3H3,(H,20,22)/b21-12-. The summed E-state index contributed by atoms with van der Waals surface area (Å²) in [6.07, 6.45) is 0. The van der Waals surface area contributed by atoms with Crippen LogP contribution in [0.2, 0.25) is 0 Å². The Morgan fingerprint density at radius 3 is 2.58 bits per heavy atom. The Labute approximate surface area is 155 Å². The smallest absolute Gasteiger partial charge is 0.203 e. The third-order valence-electron chi connectivity index (χ3n) is 3.79. The van der Waals surface area contributed by atoms with E-state index in [9.17, 15) is 5.11 Å². The van der Waals surface area contributed by atoms with E-state index < -0.39 is 0 Å². The summed E-state index contributed by atoms with van der Waals surface area (Å²) in [6, 6.07) is 12.5. The summed E-state index contributed by atoms with van der Waals surface area (Å²) in [4.78, 5) is 4.57. The second kappa shape index (κ2) is 7.88. The summed E-state index contributed by atoms with van der Waals surface area (Å²) in [7, 11) is 3.25. The van der Waals surface area contributed by atoms with Gasteiger partial charge in [-0.25, -0.2) is 4.98 Å². The van der Waals surface area contributed by atoms with Crippen LogP contribution in [0.5, 0.6) is 17.2 Å². The number of nitrogens with zero attached hydrogens (tertiary/aromatic N) is 2. The molecular weight excluding hydrogens is 350 g/mol. The van der Waals surface area contributed by atoms with Gasteiger partial charge < -0.3 is 14.6 Å². The molecule has 1 aromatic heterocycles. The number of methoxy groups -OCH3 is 2. The Bertz CT molecular complexity index is 920. The van der Waals surface area contributed by atoms with E-state index in [-0.39, 0.29) is 5.75 Å². The molecule has 6 nitrogen and oxygen atoms in total. The van der Waals surface area contributed by atoms with Crippen LogP contribution in [-0.2, 0) is 0 Å². The first-order valence-electron chi connectivity index (χ1n) is 7.88. The van der Waals surface area contributed by atoms with Crippen molar-refractivity contribution >= 4 is 22.2 Å². The molecule has 7 heteroatoms. The maximum atomic E-state index is 9.35. The number of hydrazone groups is 1.